The van der Waals surface area contributed by atoms with Crippen LogP contribution in [0.4, 0.5) is 0 Å². The maximum absolute atomic E-state index is 5.88. The third-order valence-corrected chi connectivity index (χ3v) is 14.3. The Morgan fingerprint density at radius 1 is 0.818 bits per heavy atom. The van der Waals surface area contributed by atoms with Crippen molar-refractivity contribution >= 4 is 0 Å². The van der Waals surface area contributed by atoms with E-state index in [-0.39, 0.29) is 10.8 Å². The molecule has 128 valence electrons. The first-order chi connectivity index (χ1) is 10.2. The first kappa shape index (κ1) is 20.1. The SMILES string of the molecule is CCC(C)(C)c1ccc(C(C)(C)CC)[n]1[Hf]([O]C)([O]C)[O]C. The summed E-state index contributed by atoms with van der Waals surface area (Å²) in [5.41, 5.74) is 2.59. The molecule has 0 spiro atoms. The summed E-state index contributed by atoms with van der Waals surface area (Å²) in [5.74, 6) is 0. The molecule has 0 fully saturated rings. The summed E-state index contributed by atoms with van der Waals surface area (Å²) in [5, 5.41) is 0. The molecule has 0 N–H and O–H groups in total. The van der Waals surface area contributed by atoms with Gasteiger partial charge in [0.1, 0.15) is 0 Å². The predicted octanol–water partition coefficient (Wildman–Crippen LogP) is 4.46. The van der Waals surface area contributed by atoms with Gasteiger partial charge in [-0.15, -0.1) is 0 Å². The first-order valence-corrected chi connectivity index (χ1v) is 14.0. The fraction of sp³-hybridized carbons (Fsp3) is 0.765. The third-order valence-electron chi connectivity index (χ3n) is 5.08. The Labute approximate surface area is 142 Å². The van der Waals surface area contributed by atoms with E-state index in [0.717, 1.165) is 12.8 Å². The molecular weight excluding hydrogens is 445 g/mol. The van der Waals surface area contributed by atoms with Crippen LogP contribution >= 0.6 is 0 Å². The van der Waals surface area contributed by atoms with Crippen LogP contribution in [0, 0.1) is 0 Å². The van der Waals surface area contributed by atoms with Gasteiger partial charge in [-0.25, -0.2) is 0 Å². The van der Waals surface area contributed by atoms with Gasteiger partial charge in [0.15, 0.2) is 0 Å². The molecule has 1 aromatic rings. The quantitative estimate of drug-likeness (QED) is 0.518. The van der Waals surface area contributed by atoms with Crippen LogP contribution in [0.3, 0.4) is 0 Å². The second kappa shape index (κ2) is 7.29. The second-order valence-electron chi connectivity index (χ2n) is 7.05. The third kappa shape index (κ3) is 3.42. The van der Waals surface area contributed by atoms with Gasteiger partial charge < -0.3 is 0 Å². The zero-order chi connectivity index (χ0) is 17.2. The molecule has 0 saturated carbocycles. The van der Waals surface area contributed by atoms with Gasteiger partial charge in [0, 0.05) is 0 Å². The number of rotatable bonds is 8. The second-order valence-corrected chi connectivity index (χ2v) is 16.8. The molecule has 0 saturated heterocycles. The predicted molar refractivity (Wildman–Crippen MR) is 87.5 cm³/mol. The zero-order valence-electron chi connectivity index (χ0n) is 15.7. The van der Waals surface area contributed by atoms with Gasteiger partial charge in [-0.1, -0.05) is 0 Å². The van der Waals surface area contributed by atoms with Crippen molar-refractivity contribution in [2.75, 3.05) is 21.3 Å². The van der Waals surface area contributed by atoms with E-state index in [1.807, 2.05) is 0 Å². The maximum atomic E-state index is 5.88. The van der Waals surface area contributed by atoms with E-state index < -0.39 is 21.6 Å². The Morgan fingerprint density at radius 2 is 1.14 bits per heavy atom. The van der Waals surface area contributed by atoms with Crippen molar-refractivity contribution < 1.29 is 30.1 Å². The Hall–Kier alpha value is 0.0301. The molecule has 0 aliphatic heterocycles. The average Bonchev–Trinajstić information content (AvgIpc) is 2.97. The van der Waals surface area contributed by atoms with E-state index in [1.54, 1.807) is 21.3 Å². The van der Waals surface area contributed by atoms with Crippen LogP contribution in [-0.4, -0.2) is 23.9 Å². The molecule has 0 amide bonds. The molecule has 1 heterocycles. The van der Waals surface area contributed by atoms with Crippen molar-refractivity contribution in [3.63, 3.8) is 0 Å². The standard InChI is InChI=1S/C14H24N.3CH3O.Hf/c1-7-13(3,4)11-9-10-12(15-11)14(5,6)8-2;3*1-2;/h9-10H,7-8H2,1-6H3;3*1H3;/q4*-1;+4. The Balaban J connectivity index is 3.72. The number of hydrogen-bond donors (Lipinski definition) is 0. The summed E-state index contributed by atoms with van der Waals surface area (Å²) < 4.78 is 20.0. The Kier molecular flexibility index (Phi) is 6.65. The van der Waals surface area contributed by atoms with E-state index in [2.05, 4.69) is 56.2 Å². The van der Waals surface area contributed by atoms with Gasteiger partial charge in [-0.05, 0) is 0 Å². The van der Waals surface area contributed by atoms with Crippen LogP contribution in [0.2, 0.25) is 0 Å². The number of nitrogens with zero attached hydrogens (tertiary/aromatic N) is 1. The van der Waals surface area contributed by atoms with Crippen molar-refractivity contribution in [1.82, 2.24) is 2.55 Å². The van der Waals surface area contributed by atoms with E-state index in [4.69, 9.17) is 8.56 Å². The molecule has 0 atom stereocenters. The summed E-state index contributed by atoms with van der Waals surface area (Å²) in [4.78, 5) is 0. The summed E-state index contributed by atoms with van der Waals surface area (Å²) >= 11 is -4.00. The Bertz CT molecular complexity index is 448. The fourth-order valence-electron chi connectivity index (χ4n) is 2.67. The molecule has 0 aliphatic carbocycles. The van der Waals surface area contributed by atoms with E-state index in [9.17, 15) is 0 Å². The molecule has 0 aromatic carbocycles. The molecule has 22 heavy (non-hydrogen) atoms. The Morgan fingerprint density at radius 3 is 1.36 bits per heavy atom. The molecule has 0 radical (unpaired) electrons. The minimum absolute atomic E-state index is 0.0446. The number of hydrogen-bond acceptors (Lipinski definition) is 3. The molecule has 4 nitrogen and oxygen atoms in total. The van der Waals surface area contributed by atoms with Crippen molar-refractivity contribution in [3.8, 4) is 0 Å². The molecule has 0 aliphatic rings. The van der Waals surface area contributed by atoms with Crippen LogP contribution in [0.1, 0.15) is 65.8 Å². The van der Waals surface area contributed by atoms with Gasteiger partial charge in [-0.2, -0.15) is 0 Å². The summed E-state index contributed by atoms with van der Waals surface area (Å²) in [6.07, 6.45) is 2.09. The van der Waals surface area contributed by atoms with Crippen molar-refractivity contribution in [2.24, 2.45) is 0 Å². The van der Waals surface area contributed by atoms with Crippen LogP contribution < -0.4 is 0 Å². The average molecular weight is 478 g/mol. The molecule has 5 heteroatoms. The monoisotopic (exact) mass is 479 g/mol. The van der Waals surface area contributed by atoms with E-state index in [0.29, 0.717) is 0 Å². The minimum atomic E-state index is -4.00. The van der Waals surface area contributed by atoms with Crippen molar-refractivity contribution in [3.05, 3.63) is 23.5 Å². The van der Waals surface area contributed by atoms with Gasteiger partial charge >= 0.3 is 143 Å². The normalized spacial score (nSPS) is 13.7. The number of aromatic nitrogens is 1. The van der Waals surface area contributed by atoms with Crippen LogP contribution in [0.5, 0.6) is 0 Å². The van der Waals surface area contributed by atoms with Crippen molar-refractivity contribution in [2.45, 2.75) is 65.2 Å². The van der Waals surface area contributed by atoms with Crippen LogP contribution in [0.15, 0.2) is 12.1 Å². The molecule has 1 rings (SSSR count). The molecule has 0 bridgehead atoms. The summed E-state index contributed by atoms with van der Waals surface area (Å²) in [7, 11) is 5.13. The van der Waals surface area contributed by atoms with E-state index >= 15 is 0 Å². The molecule has 1 aromatic heterocycles. The zero-order valence-corrected chi connectivity index (χ0v) is 19.3. The first-order valence-electron chi connectivity index (χ1n) is 8.04. The van der Waals surface area contributed by atoms with Gasteiger partial charge in [0.2, 0.25) is 0 Å². The molecule has 0 unspecified atom stereocenters. The van der Waals surface area contributed by atoms with Gasteiger partial charge in [0.05, 0.1) is 0 Å². The molecular formula is C17H33HfNO3. The van der Waals surface area contributed by atoms with Crippen LogP contribution in [-0.2, 0) is 41.0 Å². The fourth-order valence-corrected chi connectivity index (χ4v) is 11.3. The van der Waals surface area contributed by atoms with E-state index in [1.165, 1.54) is 11.4 Å². The van der Waals surface area contributed by atoms with Crippen molar-refractivity contribution in [1.29, 1.82) is 0 Å². The summed E-state index contributed by atoms with van der Waals surface area (Å²) in [6.45, 7) is 13.5. The summed E-state index contributed by atoms with van der Waals surface area (Å²) in [6, 6.07) is 4.45. The topological polar surface area (TPSA) is 32.6 Å². The van der Waals surface area contributed by atoms with Gasteiger partial charge in [-0.3, -0.25) is 0 Å². The van der Waals surface area contributed by atoms with Gasteiger partial charge in [0.25, 0.3) is 0 Å². The van der Waals surface area contributed by atoms with Crippen LogP contribution in [0.25, 0.3) is 0 Å².